The zero-order chi connectivity index (χ0) is 23.8. The fourth-order valence-electron chi connectivity index (χ4n) is 3.90. The van der Waals surface area contributed by atoms with Crippen LogP contribution in [0, 0.1) is 11.5 Å². The first kappa shape index (κ1) is 26.3. The highest BCUT2D eigenvalue weighted by Gasteiger charge is 2.50. The molecule has 0 aliphatic heterocycles. The normalized spacial score (nSPS) is 13.9. The molecule has 0 saturated heterocycles. The van der Waals surface area contributed by atoms with E-state index in [2.05, 4.69) is 126 Å². The number of benzene rings is 2. The van der Waals surface area contributed by atoms with Crippen molar-refractivity contribution in [1.82, 2.24) is 0 Å². The lowest BCUT2D eigenvalue weighted by atomic mass is 10.1. The summed E-state index contributed by atoms with van der Waals surface area (Å²) in [6.07, 6.45) is 3.10. The molecule has 0 fully saturated rings. The van der Waals surface area contributed by atoms with Crippen LogP contribution in [0.1, 0.15) is 40.5 Å². The van der Waals surface area contributed by atoms with Crippen LogP contribution >= 0.6 is 0 Å². The minimum absolute atomic E-state index is 0.0292. The quantitative estimate of drug-likeness (QED) is 0.316. The highest BCUT2D eigenvalue weighted by molar-refractivity contribution is 6.99. The molecule has 2 aromatic carbocycles. The third-order valence-electron chi connectivity index (χ3n) is 5.48. The van der Waals surface area contributed by atoms with Gasteiger partial charge in [0.15, 0.2) is 0 Å². The van der Waals surface area contributed by atoms with E-state index in [1.807, 2.05) is 0 Å². The van der Waals surface area contributed by atoms with Gasteiger partial charge >= 0.3 is 0 Å². The largest absolute Gasteiger partial charge is 0.403 e. The summed E-state index contributed by atoms with van der Waals surface area (Å²) in [5.74, 6) is 3.03. The Hall–Kier alpha value is -1.91. The lowest BCUT2D eigenvalue weighted by Crippen LogP contribution is -2.66. The van der Waals surface area contributed by atoms with E-state index in [-0.39, 0.29) is 5.04 Å². The molecule has 0 amide bonds. The predicted octanol–water partition coefficient (Wildman–Crippen LogP) is 5.53. The standard InChI is InChI=1S/C28H40O2Si2/c1-24(15-14-16-25(29)21-22-31(5,6)7)23-30-32(28(2,3)4,26-17-10-8-11-18-26)27-19-12-9-13-20-27/h8-13,15,17-20,25,29H,14,16,23H2,1-7H3/b24-15-/t25-/m0/s1. The van der Waals surface area contributed by atoms with E-state index in [0.29, 0.717) is 13.0 Å². The maximum absolute atomic E-state index is 10.2. The minimum Gasteiger partial charge on any atom is -0.403 e. The van der Waals surface area contributed by atoms with Gasteiger partial charge in [-0.2, -0.15) is 0 Å². The number of hydrogen-bond donors (Lipinski definition) is 1. The summed E-state index contributed by atoms with van der Waals surface area (Å²) < 4.78 is 6.96. The maximum atomic E-state index is 10.2. The Labute approximate surface area is 197 Å². The molecule has 2 aromatic rings. The van der Waals surface area contributed by atoms with Gasteiger partial charge in [0.2, 0.25) is 0 Å². The monoisotopic (exact) mass is 464 g/mol. The van der Waals surface area contributed by atoms with Gasteiger partial charge in [-0.25, -0.2) is 0 Å². The maximum Gasteiger partial charge on any atom is 0.261 e. The van der Waals surface area contributed by atoms with Crippen molar-refractivity contribution in [3.63, 3.8) is 0 Å². The molecule has 0 heterocycles. The fourth-order valence-corrected chi connectivity index (χ4v) is 9.10. The third-order valence-corrected chi connectivity index (χ3v) is 11.4. The van der Waals surface area contributed by atoms with Crippen molar-refractivity contribution in [2.75, 3.05) is 6.61 Å². The van der Waals surface area contributed by atoms with Crippen molar-refractivity contribution in [1.29, 1.82) is 0 Å². The Morgan fingerprint density at radius 3 is 1.91 bits per heavy atom. The number of aliphatic hydroxyl groups excluding tert-OH is 1. The summed E-state index contributed by atoms with van der Waals surface area (Å²) in [5, 5.41) is 12.7. The third kappa shape index (κ3) is 7.32. The van der Waals surface area contributed by atoms with Gasteiger partial charge in [-0.3, -0.25) is 0 Å². The molecule has 0 saturated carbocycles. The Bertz CT molecular complexity index is 887. The molecule has 172 valence electrons. The average molecular weight is 465 g/mol. The van der Waals surface area contributed by atoms with Crippen molar-refractivity contribution >= 4 is 26.8 Å². The molecular weight excluding hydrogens is 424 g/mol. The number of allylic oxidation sites excluding steroid dienone is 1. The fraction of sp³-hybridized carbons (Fsp3) is 0.429. The summed E-state index contributed by atoms with van der Waals surface area (Å²) in [7, 11) is -3.96. The molecule has 0 bridgehead atoms. The van der Waals surface area contributed by atoms with Gasteiger partial charge in [-0.05, 0) is 35.2 Å². The second-order valence-electron chi connectivity index (χ2n) is 10.6. The van der Waals surface area contributed by atoms with Gasteiger partial charge in [0.1, 0.15) is 14.2 Å². The van der Waals surface area contributed by atoms with Crippen LogP contribution in [0.3, 0.4) is 0 Å². The first-order valence-electron chi connectivity index (χ1n) is 11.6. The van der Waals surface area contributed by atoms with Crippen LogP contribution in [0.2, 0.25) is 24.7 Å². The first-order chi connectivity index (χ1) is 15.0. The molecule has 1 N–H and O–H groups in total. The molecule has 0 aliphatic carbocycles. The van der Waals surface area contributed by atoms with E-state index in [4.69, 9.17) is 4.43 Å². The first-order valence-corrected chi connectivity index (χ1v) is 17.0. The van der Waals surface area contributed by atoms with Gasteiger partial charge in [0, 0.05) is 0 Å². The van der Waals surface area contributed by atoms with Crippen LogP contribution in [-0.2, 0) is 4.43 Å². The van der Waals surface area contributed by atoms with E-state index in [0.717, 1.165) is 6.42 Å². The lowest BCUT2D eigenvalue weighted by molar-refractivity contribution is 0.223. The molecule has 0 aromatic heterocycles. The van der Waals surface area contributed by atoms with Gasteiger partial charge in [-0.15, -0.1) is 5.54 Å². The van der Waals surface area contributed by atoms with Crippen LogP contribution < -0.4 is 10.4 Å². The molecule has 2 nitrogen and oxygen atoms in total. The van der Waals surface area contributed by atoms with Crippen LogP contribution in [0.25, 0.3) is 0 Å². The molecule has 32 heavy (non-hydrogen) atoms. The van der Waals surface area contributed by atoms with Crippen LogP contribution in [0.15, 0.2) is 72.3 Å². The highest BCUT2D eigenvalue weighted by Crippen LogP contribution is 2.37. The molecule has 0 radical (unpaired) electrons. The van der Waals surface area contributed by atoms with Gasteiger partial charge in [0.25, 0.3) is 8.32 Å². The smallest absolute Gasteiger partial charge is 0.261 e. The van der Waals surface area contributed by atoms with Crippen LogP contribution in [0.4, 0.5) is 0 Å². The second-order valence-corrected chi connectivity index (χ2v) is 19.7. The topological polar surface area (TPSA) is 29.5 Å². The summed E-state index contributed by atoms with van der Waals surface area (Å²) in [4.78, 5) is 0. The van der Waals surface area contributed by atoms with Crippen molar-refractivity contribution in [3.05, 3.63) is 72.3 Å². The lowest BCUT2D eigenvalue weighted by Gasteiger charge is -2.43. The zero-order valence-electron chi connectivity index (χ0n) is 20.9. The van der Waals surface area contributed by atoms with E-state index in [1.54, 1.807) is 0 Å². The van der Waals surface area contributed by atoms with Gasteiger partial charge in [0.05, 0.1) is 6.61 Å². The van der Waals surface area contributed by atoms with E-state index in [9.17, 15) is 5.11 Å². The highest BCUT2D eigenvalue weighted by atomic mass is 28.4. The van der Waals surface area contributed by atoms with Crippen molar-refractivity contribution in [2.45, 2.75) is 71.3 Å². The summed E-state index contributed by atoms with van der Waals surface area (Å²) in [6, 6.07) is 21.5. The molecule has 2 rings (SSSR count). The zero-order valence-corrected chi connectivity index (χ0v) is 22.9. The molecule has 0 spiro atoms. The molecule has 0 aliphatic rings. The number of hydrogen-bond acceptors (Lipinski definition) is 2. The Morgan fingerprint density at radius 2 is 1.47 bits per heavy atom. The minimum atomic E-state index is -2.51. The number of aliphatic hydroxyl groups is 1. The van der Waals surface area contributed by atoms with Crippen LogP contribution in [0.5, 0.6) is 0 Å². The Morgan fingerprint density at radius 1 is 0.969 bits per heavy atom. The molecule has 4 heteroatoms. The van der Waals surface area contributed by atoms with Gasteiger partial charge < -0.3 is 9.53 Å². The van der Waals surface area contributed by atoms with Crippen molar-refractivity contribution in [3.8, 4) is 11.5 Å². The molecular formula is C28H40O2Si2. The van der Waals surface area contributed by atoms with Crippen molar-refractivity contribution < 1.29 is 9.53 Å². The molecule has 0 unspecified atom stereocenters. The summed E-state index contributed by atoms with van der Waals surface area (Å²) in [5.41, 5.74) is 4.45. The predicted molar refractivity (Wildman–Crippen MR) is 144 cm³/mol. The Balaban J connectivity index is 2.22. The number of rotatable bonds is 8. The van der Waals surface area contributed by atoms with Gasteiger partial charge in [-0.1, -0.05) is 119 Å². The summed E-state index contributed by atoms with van der Waals surface area (Å²) >= 11 is 0. The van der Waals surface area contributed by atoms with E-state index >= 15 is 0 Å². The van der Waals surface area contributed by atoms with E-state index in [1.165, 1.54) is 15.9 Å². The van der Waals surface area contributed by atoms with Crippen molar-refractivity contribution in [2.24, 2.45) is 0 Å². The van der Waals surface area contributed by atoms with Crippen LogP contribution in [-0.4, -0.2) is 34.2 Å². The Kier molecular flexibility index (Phi) is 9.30. The summed E-state index contributed by atoms with van der Waals surface area (Å²) in [6.45, 7) is 16.2. The second kappa shape index (κ2) is 11.3. The molecule has 1 atom stereocenters. The SMILES string of the molecule is C/C(=C/CC[C@H](O)C#C[Si](C)(C)C)CO[Si](c1ccccc1)(c1ccccc1)C(C)(C)C. The average Bonchev–Trinajstić information content (AvgIpc) is 2.73. The van der Waals surface area contributed by atoms with E-state index < -0.39 is 22.5 Å².